The number of amides is 1. The van der Waals surface area contributed by atoms with Crippen molar-refractivity contribution >= 4 is 38.1 Å². The van der Waals surface area contributed by atoms with Gasteiger partial charge in [0.1, 0.15) is 6.04 Å². The largest absolute Gasteiger partial charge is 0.378 e. The SMILES string of the molecule is Cc1ccc(S(=O)(=O)N[C@@H](CC(C)C)C(=O)Nc2nc(-c3ccc(N4CCOCC4)cc3)cs2)cc1. The Bertz CT molecular complexity index is 1270. The quantitative estimate of drug-likeness (QED) is 0.430. The molecule has 2 heterocycles. The van der Waals surface area contributed by atoms with Gasteiger partial charge in [0.05, 0.1) is 23.8 Å². The van der Waals surface area contributed by atoms with Crippen LogP contribution in [0.5, 0.6) is 0 Å². The van der Waals surface area contributed by atoms with E-state index in [0.29, 0.717) is 11.6 Å². The number of benzene rings is 2. The minimum absolute atomic E-state index is 0.110. The molecule has 192 valence electrons. The van der Waals surface area contributed by atoms with E-state index >= 15 is 0 Å². The Labute approximate surface area is 216 Å². The minimum atomic E-state index is -3.85. The molecule has 36 heavy (non-hydrogen) atoms. The first kappa shape index (κ1) is 26.3. The number of hydrogen-bond donors (Lipinski definition) is 2. The van der Waals surface area contributed by atoms with Gasteiger partial charge in [-0.2, -0.15) is 4.72 Å². The van der Waals surface area contributed by atoms with Gasteiger partial charge < -0.3 is 15.0 Å². The average molecular weight is 529 g/mol. The van der Waals surface area contributed by atoms with Gasteiger partial charge in [0.15, 0.2) is 5.13 Å². The number of sulfonamides is 1. The van der Waals surface area contributed by atoms with Crippen molar-refractivity contribution in [2.24, 2.45) is 5.92 Å². The molecule has 0 radical (unpaired) electrons. The minimum Gasteiger partial charge on any atom is -0.378 e. The van der Waals surface area contributed by atoms with E-state index in [9.17, 15) is 13.2 Å². The summed E-state index contributed by atoms with van der Waals surface area (Å²) in [7, 11) is -3.85. The predicted octanol–water partition coefficient (Wildman–Crippen LogP) is 4.29. The summed E-state index contributed by atoms with van der Waals surface area (Å²) in [5, 5.41) is 5.11. The Balaban J connectivity index is 1.44. The second kappa shape index (κ2) is 11.5. The average Bonchev–Trinajstić information content (AvgIpc) is 3.32. The first-order valence-electron chi connectivity index (χ1n) is 12.0. The van der Waals surface area contributed by atoms with E-state index < -0.39 is 22.0 Å². The zero-order valence-corrected chi connectivity index (χ0v) is 22.4. The number of carbonyl (C=O) groups is 1. The van der Waals surface area contributed by atoms with Crippen molar-refractivity contribution in [3.05, 3.63) is 59.5 Å². The summed E-state index contributed by atoms with van der Waals surface area (Å²) in [4.78, 5) is 20.1. The molecular formula is C26H32N4O4S2. The molecule has 8 nitrogen and oxygen atoms in total. The van der Waals surface area contributed by atoms with Crippen LogP contribution in [-0.4, -0.2) is 51.7 Å². The summed E-state index contributed by atoms with van der Waals surface area (Å²) in [6, 6.07) is 13.8. The molecule has 10 heteroatoms. The van der Waals surface area contributed by atoms with Gasteiger partial charge in [0.25, 0.3) is 0 Å². The maximum absolute atomic E-state index is 13.1. The van der Waals surface area contributed by atoms with Crippen molar-refractivity contribution in [2.45, 2.75) is 38.1 Å². The van der Waals surface area contributed by atoms with Crippen LogP contribution >= 0.6 is 11.3 Å². The molecule has 0 bridgehead atoms. The standard InChI is InChI=1S/C26H32N4O4S2/c1-18(2)16-23(29-36(32,33)22-10-4-19(3)5-11-22)25(31)28-26-27-24(17-35-26)20-6-8-21(9-7-20)30-12-14-34-15-13-30/h4-11,17-18,23,29H,12-16H2,1-3H3,(H,27,28,31)/t23-/m0/s1. The number of nitrogens with zero attached hydrogens (tertiary/aromatic N) is 2. The first-order chi connectivity index (χ1) is 17.2. The third-order valence-corrected chi connectivity index (χ3v) is 8.17. The lowest BCUT2D eigenvalue weighted by Gasteiger charge is -2.28. The molecule has 0 aliphatic carbocycles. The smallest absolute Gasteiger partial charge is 0.244 e. The molecule has 1 amide bonds. The molecule has 4 rings (SSSR count). The Hall–Kier alpha value is -2.79. The molecule has 1 saturated heterocycles. The lowest BCUT2D eigenvalue weighted by atomic mass is 10.0. The summed E-state index contributed by atoms with van der Waals surface area (Å²) >= 11 is 1.31. The highest BCUT2D eigenvalue weighted by molar-refractivity contribution is 7.89. The maximum atomic E-state index is 13.1. The monoisotopic (exact) mass is 528 g/mol. The van der Waals surface area contributed by atoms with Crippen molar-refractivity contribution in [3.63, 3.8) is 0 Å². The molecular weight excluding hydrogens is 496 g/mol. The number of thiazole rings is 1. The van der Waals surface area contributed by atoms with E-state index in [1.165, 1.54) is 11.3 Å². The normalized spacial score (nSPS) is 15.2. The zero-order valence-electron chi connectivity index (χ0n) is 20.7. The molecule has 1 aliphatic rings. The number of aromatic nitrogens is 1. The van der Waals surface area contributed by atoms with Crippen LogP contribution in [0.4, 0.5) is 10.8 Å². The van der Waals surface area contributed by atoms with Gasteiger partial charge in [-0.3, -0.25) is 4.79 Å². The summed E-state index contributed by atoms with van der Waals surface area (Å²) < 4.78 is 33.8. The van der Waals surface area contributed by atoms with E-state index in [-0.39, 0.29) is 10.8 Å². The van der Waals surface area contributed by atoms with Crippen LogP contribution in [0.25, 0.3) is 11.3 Å². The molecule has 1 fully saturated rings. The van der Waals surface area contributed by atoms with Crippen molar-refractivity contribution in [1.82, 2.24) is 9.71 Å². The van der Waals surface area contributed by atoms with Gasteiger partial charge in [-0.1, -0.05) is 43.7 Å². The molecule has 0 unspecified atom stereocenters. The summed E-state index contributed by atoms with van der Waals surface area (Å²) in [6.07, 6.45) is 0.359. The van der Waals surface area contributed by atoms with E-state index in [4.69, 9.17) is 4.74 Å². The molecule has 1 aromatic heterocycles. The third-order valence-electron chi connectivity index (χ3n) is 5.93. The van der Waals surface area contributed by atoms with Crippen molar-refractivity contribution in [3.8, 4) is 11.3 Å². The number of morpholine rings is 1. The summed E-state index contributed by atoms with van der Waals surface area (Å²) in [5.41, 5.74) is 3.80. The second-order valence-corrected chi connectivity index (χ2v) is 11.9. The van der Waals surface area contributed by atoms with Crippen LogP contribution in [0.3, 0.4) is 0 Å². The Kier molecular flexibility index (Phi) is 8.40. The highest BCUT2D eigenvalue weighted by Gasteiger charge is 2.27. The molecule has 2 N–H and O–H groups in total. The molecule has 0 saturated carbocycles. The van der Waals surface area contributed by atoms with Gasteiger partial charge in [-0.15, -0.1) is 11.3 Å². The van der Waals surface area contributed by atoms with Crippen molar-refractivity contribution in [2.75, 3.05) is 36.5 Å². The molecule has 1 aliphatic heterocycles. The fraction of sp³-hybridized carbons (Fsp3) is 0.385. The number of carbonyl (C=O) groups excluding carboxylic acids is 1. The van der Waals surface area contributed by atoms with Crippen LogP contribution in [0.1, 0.15) is 25.8 Å². The van der Waals surface area contributed by atoms with Gasteiger partial charge in [-0.05, 0) is 43.5 Å². The number of anilines is 2. The lowest BCUT2D eigenvalue weighted by molar-refractivity contribution is -0.118. The molecule has 3 aromatic rings. The molecule has 2 aromatic carbocycles. The first-order valence-corrected chi connectivity index (χ1v) is 14.4. The van der Waals surface area contributed by atoms with E-state index in [2.05, 4.69) is 32.1 Å². The second-order valence-electron chi connectivity index (χ2n) is 9.29. The number of aryl methyl sites for hydroxylation is 1. The van der Waals surface area contributed by atoms with Crippen molar-refractivity contribution in [1.29, 1.82) is 0 Å². The fourth-order valence-electron chi connectivity index (χ4n) is 3.97. The number of rotatable bonds is 9. The van der Waals surface area contributed by atoms with Crippen molar-refractivity contribution < 1.29 is 17.9 Å². The molecule has 1 atom stereocenters. The fourth-order valence-corrected chi connectivity index (χ4v) is 5.90. The maximum Gasteiger partial charge on any atom is 0.244 e. The number of nitrogens with one attached hydrogen (secondary N) is 2. The molecule has 0 spiro atoms. The van der Waals surface area contributed by atoms with Crippen LogP contribution in [-0.2, 0) is 19.6 Å². The Morgan fingerprint density at radius 1 is 1.08 bits per heavy atom. The Morgan fingerprint density at radius 2 is 1.75 bits per heavy atom. The van der Waals surface area contributed by atoms with Gasteiger partial charge in [0, 0.05) is 29.7 Å². The topological polar surface area (TPSA) is 101 Å². The summed E-state index contributed by atoms with van der Waals surface area (Å²) in [5.74, 6) is -0.318. The highest BCUT2D eigenvalue weighted by atomic mass is 32.2. The van der Waals surface area contributed by atoms with Gasteiger partial charge in [-0.25, -0.2) is 13.4 Å². The van der Waals surface area contributed by atoms with Crippen LogP contribution in [0.2, 0.25) is 0 Å². The number of ether oxygens (including phenoxy) is 1. The lowest BCUT2D eigenvalue weighted by Crippen LogP contribution is -2.44. The van der Waals surface area contributed by atoms with Gasteiger partial charge in [0.2, 0.25) is 15.9 Å². The van der Waals surface area contributed by atoms with E-state index in [0.717, 1.165) is 48.8 Å². The van der Waals surface area contributed by atoms with E-state index in [1.54, 1.807) is 24.3 Å². The zero-order chi connectivity index (χ0) is 25.7. The highest BCUT2D eigenvalue weighted by Crippen LogP contribution is 2.27. The van der Waals surface area contributed by atoms with Crippen LogP contribution < -0.4 is 14.9 Å². The van der Waals surface area contributed by atoms with E-state index in [1.807, 2.05) is 38.3 Å². The van der Waals surface area contributed by atoms with Gasteiger partial charge >= 0.3 is 0 Å². The Morgan fingerprint density at radius 3 is 2.39 bits per heavy atom. The summed E-state index contributed by atoms with van der Waals surface area (Å²) in [6.45, 7) is 8.99. The van der Waals surface area contributed by atoms with Crippen LogP contribution in [0.15, 0.2) is 58.8 Å². The third kappa shape index (κ3) is 6.70. The van der Waals surface area contributed by atoms with Crippen LogP contribution in [0, 0.1) is 12.8 Å². The number of hydrogen-bond acceptors (Lipinski definition) is 7. The predicted molar refractivity (Wildman–Crippen MR) is 144 cm³/mol.